The summed E-state index contributed by atoms with van der Waals surface area (Å²) >= 11 is 0. The van der Waals surface area contributed by atoms with E-state index < -0.39 is 0 Å². The molecule has 0 bridgehead atoms. The zero-order chi connectivity index (χ0) is 8.53. The van der Waals surface area contributed by atoms with Crippen molar-refractivity contribution in [1.29, 1.82) is 0 Å². The largest absolute Gasteiger partial charge is 0.316 e. The van der Waals surface area contributed by atoms with Crippen LogP contribution < -0.4 is 11.5 Å². The zero-order valence-corrected chi connectivity index (χ0v) is 8.91. The molecule has 12 heavy (non-hydrogen) atoms. The lowest BCUT2D eigenvalue weighted by Crippen LogP contribution is -2.29. The second-order valence-electron chi connectivity index (χ2n) is 3.22. The van der Waals surface area contributed by atoms with Crippen molar-refractivity contribution in [2.75, 3.05) is 0 Å². The number of halogens is 1. The van der Waals surface area contributed by atoms with Gasteiger partial charge < -0.3 is 11.5 Å². The Labute approximate surface area is 82.5 Å². The molecule has 0 amide bonds. The average Bonchev–Trinajstić information content (AvgIpc) is 1.96. The van der Waals surface area contributed by atoms with E-state index in [-0.39, 0.29) is 18.6 Å². The number of hydrogen-bond donors (Lipinski definition) is 2. The third-order valence-corrected chi connectivity index (χ3v) is 1.89. The molecule has 76 valence electrons. The van der Waals surface area contributed by atoms with Crippen molar-refractivity contribution in [2.24, 2.45) is 11.5 Å². The first kappa shape index (κ1) is 14.7. The Kier molecular flexibility index (Phi) is 13.7. The third kappa shape index (κ3) is 12.8. The highest BCUT2D eigenvalue weighted by Gasteiger charge is 1.93. The van der Waals surface area contributed by atoms with Crippen molar-refractivity contribution >= 4 is 12.4 Å². The highest BCUT2D eigenvalue weighted by molar-refractivity contribution is 5.85. The van der Waals surface area contributed by atoms with Crippen LogP contribution in [0.4, 0.5) is 0 Å². The smallest absolute Gasteiger partial charge is 0.0520 e. The summed E-state index contributed by atoms with van der Waals surface area (Å²) in [6.07, 6.45) is 8.78. The standard InChI is InChI=1S/C9H22N2.ClH/c1-2-3-4-5-6-7-8-9(10)11;/h9H,2-8,10-11H2,1H3;1H. The summed E-state index contributed by atoms with van der Waals surface area (Å²) in [6, 6.07) is 0. The number of rotatable bonds is 7. The maximum Gasteiger partial charge on any atom is 0.0520 e. The fourth-order valence-electron chi connectivity index (χ4n) is 1.16. The van der Waals surface area contributed by atoms with E-state index in [4.69, 9.17) is 11.5 Å². The Morgan fingerprint density at radius 1 is 0.917 bits per heavy atom. The lowest BCUT2D eigenvalue weighted by atomic mass is 10.1. The molecule has 0 spiro atoms. The first-order chi connectivity index (χ1) is 5.27. The normalized spacial score (nSPS) is 10.0. The van der Waals surface area contributed by atoms with Gasteiger partial charge in [-0.15, -0.1) is 12.4 Å². The number of hydrogen-bond acceptors (Lipinski definition) is 2. The summed E-state index contributed by atoms with van der Waals surface area (Å²) in [7, 11) is 0. The molecular formula is C9H23ClN2. The molecule has 0 rings (SSSR count). The van der Waals surface area contributed by atoms with Crippen molar-refractivity contribution < 1.29 is 0 Å². The van der Waals surface area contributed by atoms with Gasteiger partial charge in [0.1, 0.15) is 0 Å². The summed E-state index contributed by atoms with van der Waals surface area (Å²) < 4.78 is 0. The molecule has 0 fully saturated rings. The van der Waals surface area contributed by atoms with Crippen LogP contribution in [-0.4, -0.2) is 6.17 Å². The molecule has 0 aliphatic rings. The second kappa shape index (κ2) is 11.2. The predicted octanol–water partition coefficient (Wildman–Crippen LogP) is 2.40. The fourth-order valence-corrected chi connectivity index (χ4v) is 1.16. The van der Waals surface area contributed by atoms with E-state index in [1.165, 1.54) is 38.5 Å². The second-order valence-corrected chi connectivity index (χ2v) is 3.22. The number of unbranched alkanes of at least 4 members (excludes halogenated alkanes) is 5. The Balaban J connectivity index is 0. The van der Waals surface area contributed by atoms with Gasteiger partial charge >= 0.3 is 0 Å². The first-order valence-corrected chi connectivity index (χ1v) is 4.78. The Morgan fingerprint density at radius 2 is 1.42 bits per heavy atom. The van der Waals surface area contributed by atoms with Crippen molar-refractivity contribution in [3.63, 3.8) is 0 Å². The molecule has 2 nitrogen and oxygen atoms in total. The molecule has 0 aliphatic heterocycles. The van der Waals surface area contributed by atoms with E-state index in [0.717, 1.165) is 6.42 Å². The maximum absolute atomic E-state index is 5.41. The van der Waals surface area contributed by atoms with Crippen LogP contribution in [0.1, 0.15) is 51.9 Å². The summed E-state index contributed by atoms with van der Waals surface area (Å²) in [5.41, 5.74) is 10.8. The van der Waals surface area contributed by atoms with Gasteiger partial charge in [-0.1, -0.05) is 45.4 Å². The third-order valence-electron chi connectivity index (χ3n) is 1.89. The van der Waals surface area contributed by atoms with Crippen LogP contribution in [0.3, 0.4) is 0 Å². The molecule has 0 saturated carbocycles. The average molecular weight is 195 g/mol. The minimum atomic E-state index is -0.0961. The van der Waals surface area contributed by atoms with Gasteiger partial charge in [-0.25, -0.2) is 0 Å². The van der Waals surface area contributed by atoms with E-state index in [2.05, 4.69) is 6.92 Å². The summed E-state index contributed by atoms with van der Waals surface area (Å²) in [5, 5.41) is 0. The van der Waals surface area contributed by atoms with Crippen LogP contribution in [0.2, 0.25) is 0 Å². The van der Waals surface area contributed by atoms with Crippen LogP contribution in [0.25, 0.3) is 0 Å². The summed E-state index contributed by atoms with van der Waals surface area (Å²) in [4.78, 5) is 0. The zero-order valence-electron chi connectivity index (χ0n) is 8.09. The molecule has 0 aromatic rings. The van der Waals surface area contributed by atoms with E-state index in [0.29, 0.717) is 0 Å². The van der Waals surface area contributed by atoms with Gasteiger partial charge in [-0.3, -0.25) is 0 Å². The van der Waals surface area contributed by atoms with Gasteiger partial charge in [0.15, 0.2) is 0 Å². The monoisotopic (exact) mass is 194 g/mol. The minimum Gasteiger partial charge on any atom is -0.316 e. The van der Waals surface area contributed by atoms with Gasteiger partial charge in [0, 0.05) is 0 Å². The lowest BCUT2D eigenvalue weighted by Gasteiger charge is -2.03. The van der Waals surface area contributed by atoms with Crippen molar-refractivity contribution in [1.82, 2.24) is 0 Å². The van der Waals surface area contributed by atoms with Crippen LogP contribution in [0.5, 0.6) is 0 Å². The van der Waals surface area contributed by atoms with Gasteiger partial charge in [0.2, 0.25) is 0 Å². The molecule has 0 heterocycles. The van der Waals surface area contributed by atoms with Gasteiger partial charge in [0.25, 0.3) is 0 Å². The lowest BCUT2D eigenvalue weighted by molar-refractivity contribution is 0.544. The van der Waals surface area contributed by atoms with Crippen LogP contribution >= 0.6 is 12.4 Å². The first-order valence-electron chi connectivity index (χ1n) is 4.78. The van der Waals surface area contributed by atoms with E-state index in [1.807, 2.05) is 0 Å². The van der Waals surface area contributed by atoms with Crippen molar-refractivity contribution in [2.45, 2.75) is 58.0 Å². The fraction of sp³-hybridized carbons (Fsp3) is 1.00. The predicted molar refractivity (Wildman–Crippen MR) is 57.4 cm³/mol. The van der Waals surface area contributed by atoms with Crippen molar-refractivity contribution in [3.05, 3.63) is 0 Å². The Morgan fingerprint density at radius 3 is 1.92 bits per heavy atom. The van der Waals surface area contributed by atoms with Gasteiger partial charge in [-0.2, -0.15) is 0 Å². The Bertz CT molecular complexity index is 76.9. The molecule has 0 aliphatic carbocycles. The molecule has 4 N–H and O–H groups in total. The molecule has 0 aromatic carbocycles. The summed E-state index contributed by atoms with van der Waals surface area (Å²) in [6.45, 7) is 2.23. The van der Waals surface area contributed by atoms with Crippen LogP contribution in [0.15, 0.2) is 0 Å². The highest BCUT2D eigenvalue weighted by atomic mass is 35.5. The van der Waals surface area contributed by atoms with Crippen LogP contribution in [0, 0.1) is 0 Å². The Hall–Kier alpha value is 0.210. The van der Waals surface area contributed by atoms with Crippen molar-refractivity contribution in [3.8, 4) is 0 Å². The molecular weight excluding hydrogens is 172 g/mol. The quantitative estimate of drug-likeness (QED) is 0.483. The SMILES string of the molecule is CCCCCCCCC(N)N.Cl. The molecule has 3 heteroatoms. The topological polar surface area (TPSA) is 52.0 Å². The number of nitrogens with two attached hydrogens (primary N) is 2. The van der Waals surface area contributed by atoms with Gasteiger partial charge in [0.05, 0.1) is 6.17 Å². The summed E-state index contributed by atoms with van der Waals surface area (Å²) in [5.74, 6) is 0. The molecule has 0 aromatic heterocycles. The maximum atomic E-state index is 5.41. The molecule has 0 unspecified atom stereocenters. The van der Waals surface area contributed by atoms with Crippen LogP contribution in [-0.2, 0) is 0 Å². The van der Waals surface area contributed by atoms with E-state index in [9.17, 15) is 0 Å². The molecule has 0 saturated heterocycles. The molecule has 0 atom stereocenters. The van der Waals surface area contributed by atoms with E-state index >= 15 is 0 Å². The van der Waals surface area contributed by atoms with E-state index in [1.54, 1.807) is 0 Å². The minimum absolute atomic E-state index is 0. The molecule has 0 radical (unpaired) electrons. The van der Waals surface area contributed by atoms with Gasteiger partial charge in [-0.05, 0) is 6.42 Å². The highest BCUT2D eigenvalue weighted by Crippen LogP contribution is 2.06.